The number of hydrogen-bond acceptors (Lipinski definition) is 6. The Balaban J connectivity index is 2.37. The molecule has 6 heteroatoms. The summed E-state index contributed by atoms with van der Waals surface area (Å²) in [6.07, 6.45) is 0.250. The molecule has 1 aromatic heterocycles. The molecule has 1 aromatic rings. The van der Waals surface area contributed by atoms with Crippen LogP contribution < -0.4 is 15.8 Å². The van der Waals surface area contributed by atoms with Crippen LogP contribution in [0, 0.1) is 0 Å². The minimum absolute atomic E-state index is 0.250. The largest absolute Gasteiger partial charge is 0.490 e. The van der Waals surface area contributed by atoms with Crippen molar-refractivity contribution in [1.82, 2.24) is 4.37 Å². The maximum Gasteiger partial charge on any atom is 0.197 e. The van der Waals surface area contributed by atoms with Crippen LogP contribution >= 0.6 is 11.5 Å². The summed E-state index contributed by atoms with van der Waals surface area (Å²) in [7, 11) is 1.58. The minimum atomic E-state index is 0.250. The van der Waals surface area contributed by atoms with Crippen LogP contribution in [0.5, 0.6) is 5.75 Å². The van der Waals surface area contributed by atoms with E-state index in [0.29, 0.717) is 18.2 Å². The molecular formula is C9H17N3O2S. The van der Waals surface area contributed by atoms with E-state index in [0.717, 1.165) is 11.5 Å². The molecule has 15 heavy (non-hydrogen) atoms. The first-order chi connectivity index (χ1) is 7.15. The van der Waals surface area contributed by atoms with Gasteiger partial charge in [-0.2, -0.15) is 4.37 Å². The molecule has 0 amide bonds. The van der Waals surface area contributed by atoms with Gasteiger partial charge in [0.05, 0.1) is 19.8 Å². The van der Waals surface area contributed by atoms with Crippen molar-refractivity contribution in [3.8, 4) is 5.75 Å². The second kappa shape index (κ2) is 5.77. The predicted molar refractivity (Wildman–Crippen MR) is 62.7 cm³/mol. The number of rotatable bonds is 6. The molecule has 0 spiro atoms. The second-order valence-corrected chi connectivity index (χ2v) is 4.05. The van der Waals surface area contributed by atoms with Crippen LogP contribution in [0.15, 0.2) is 0 Å². The van der Waals surface area contributed by atoms with Crippen molar-refractivity contribution in [2.75, 3.05) is 31.3 Å². The Bertz CT molecular complexity index is 302. The fourth-order valence-electron chi connectivity index (χ4n) is 1.06. The first-order valence-electron chi connectivity index (χ1n) is 4.79. The molecular weight excluding hydrogens is 214 g/mol. The molecule has 1 heterocycles. The van der Waals surface area contributed by atoms with Crippen molar-refractivity contribution in [2.45, 2.75) is 20.0 Å². The fourth-order valence-corrected chi connectivity index (χ4v) is 1.77. The molecule has 5 nitrogen and oxygen atoms in total. The van der Waals surface area contributed by atoms with Crippen molar-refractivity contribution in [3.05, 3.63) is 0 Å². The molecule has 0 aliphatic carbocycles. The van der Waals surface area contributed by atoms with Gasteiger partial charge < -0.3 is 20.5 Å². The van der Waals surface area contributed by atoms with Crippen molar-refractivity contribution in [1.29, 1.82) is 0 Å². The van der Waals surface area contributed by atoms with Gasteiger partial charge in [-0.15, -0.1) is 0 Å². The smallest absolute Gasteiger partial charge is 0.197 e. The first-order valence-corrected chi connectivity index (χ1v) is 5.57. The van der Waals surface area contributed by atoms with Gasteiger partial charge in [0, 0.05) is 6.54 Å². The molecule has 0 radical (unpaired) electrons. The zero-order valence-corrected chi connectivity index (χ0v) is 10.1. The number of aromatic nitrogens is 1. The average molecular weight is 231 g/mol. The third-order valence-electron chi connectivity index (χ3n) is 1.72. The number of hydrogen-bond donors (Lipinski definition) is 2. The Morgan fingerprint density at radius 1 is 1.53 bits per heavy atom. The Morgan fingerprint density at radius 2 is 2.27 bits per heavy atom. The number of ether oxygens (including phenoxy) is 2. The molecule has 0 saturated carbocycles. The van der Waals surface area contributed by atoms with Crippen LogP contribution in [0.25, 0.3) is 0 Å². The average Bonchev–Trinajstić information content (AvgIpc) is 2.53. The molecule has 3 N–H and O–H groups in total. The van der Waals surface area contributed by atoms with Gasteiger partial charge in [0.25, 0.3) is 0 Å². The maximum atomic E-state index is 5.61. The van der Waals surface area contributed by atoms with Gasteiger partial charge >= 0.3 is 0 Å². The van der Waals surface area contributed by atoms with Crippen molar-refractivity contribution in [3.63, 3.8) is 0 Å². The van der Waals surface area contributed by atoms with Crippen LogP contribution in [0.1, 0.15) is 13.8 Å². The molecule has 0 aliphatic rings. The van der Waals surface area contributed by atoms with Gasteiger partial charge in [-0.05, 0) is 25.4 Å². The molecule has 0 saturated heterocycles. The lowest BCUT2D eigenvalue weighted by atomic mass is 10.5. The summed E-state index contributed by atoms with van der Waals surface area (Å²) < 4.78 is 14.5. The lowest BCUT2D eigenvalue weighted by Crippen LogP contribution is -2.12. The van der Waals surface area contributed by atoms with E-state index < -0.39 is 0 Å². The van der Waals surface area contributed by atoms with E-state index in [1.54, 1.807) is 7.11 Å². The van der Waals surface area contributed by atoms with Gasteiger partial charge in [0.15, 0.2) is 16.6 Å². The van der Waals surface area contributed by atoms with E-state index in [9.17, 15) is 0 Å². The van der Waals surface area contributed by atoms with Crippen LogP contribution in [0.4, 0.5) is 10.8 Å². The standard InChI is InChI=1S/C9H17N3O2S/c1-6(2)14-5-4-11-9-7(13-3)8(10)12-15-9/h6,11H,4-5H2,1-3H3,(H2,10,12). The number of nitrogen functional groups attached to an aromatic ring is 1. The highest BCUT2D eigenvalue weighted by Crippen LogP contribution is 2.34. The van der Waals surface area contributed by atoms with Gasteiger partial charge in [0.1, 0.15) is 0 Å². The highest BCUT2D eigenvalue weighted by molar-refractivity contribution is 7.11. The van der Waals surface area contributed by atoms with Crippen molar-refractivity contribution < 1.29 is 9.47 Å². The van der Waals surface area contributed by atoms with Crippen LogP contribution in [-0.2, 0) is 4.74 Å². The molecule has 0 aliphatic heterocycles. The predicted octanol–water partition coefficient (Wildman–Crippen LogP) is 1.57. The van der Waals surface area contributed by atoms with Crippen molar-refractivity contribution >= 4 is 22.4 Å². The first kappa shape index (κ1) is 12.1. The lowest BCUT2D eigenvalue weighted by Gasteiger charge is -2.08. The van der Waals surface area contributed by atoms with Gasteiger partial charge in [-0.3, -0.25) is 0 Å². The summed E-state index contributed by atoms with van der Waals surface area (Å²) in [6, 6.07) is 0. The number of nitrogens with zero attached hydrogens (tertiary/aromatic N) is 1. The molecule has 86 valence electrons. The zero-order chi connectivity index (χ0) is 11.3. The molecule has 0 unspecified atom stereocenters. The highest BCUT2D eigenvalue weighted by Gasteiger charge is 2.10. The lowest BCUT2D eigenvalue weighted by molar-refractivity contribution is 0.0871. The Morgan fingerprint density at radius 3 is 2.87 bits per heavy atom. The van der Waals surface area contributed by atoms with E-state index in [1.807, 2.05) is 13.8 Å². The minimum Gasteiger partial charge on any atom is -0.490 e. The van der Waals surface area contributed by atoms with Gasteiger partial charge in [-0.1, -0.05) is 0 Å². The van der Waals surface area contributed by atoms with Gasteiger partial charge in [-0.25, -0.2) is 0 Å². The Kier molecular flexibility index (Phi) is 4.64. The number of nitrogens with one attached hydrogen (secondary N) is 1. The van der Waals surface area contributed by atoms with Crippen LogP contribution in [0.3, 0.4) is 0 Å². The van der Waals surface area contributed by atoms with E-state index in [1.165, 1.54) is 11.5 Å². The summed E-state index contributed by atoms with van der Waals surface area (Å²) in [6.45, 7) is 5.38. The quantitative estimate of drug-likeness (QED) is 0.727. The molecule has 0 atom stereocenters. The second-order valence-electron chi connectivity index (χ2n) is 3.28. The van der Waals surface area contributed by atoms with E-state index in [4.69, 9.17) is 15.2 Å². The normalized spacial score (nSPS) is 10.7. The molecule has 0 bridgehead atoms. The zero-order valence-electron chi connectivity index (χ0n) is 9.24. The summed E-state index contributed by atoms with van der Waals surface area (Å²) in [5, 5.41) is 4.02. The maximum absolute atomic E-state index is 5.61. The van der Waals surface area contributed by atoms with Crippen molar-refractivity contribution in [2.24, 2.45) is 0 Å². The summed E-state index contributed by atoms with van der Waals surface area (Å²) >= 11 is 1.29. The molecule has 1 rings (SSSR count). The summed E-state index contributed by atoms with van der Waals surface area (Å²) in [5.74, 6) is 1.04. The SMILES string of the molecule is COc1c(N)nsc1NCCOC(C)C. The van der Waals surface area contributed by atoms with E-state index >= 15 is 0 Å². The Hall–Kier alpha value is -1.01. The van der Waals surface area contributed by atoms with Crippen LogP contribution in [0.2, 0.25) is 0 Å². The number of anilines is 2. The third kappa shape index (κ3) is 3.56. The van der Waals surface area contributed by atoms with E-state index in [2.05, 4.69) is 9.69 Å². The third-order valence-corrected chi connectivity index (χ3v) is 2.52. The van der Waals surface area contributed by atoms with Gasteiger partial charge in [0.2, 0.25) is 0 Å². The highest BCUT2D eigenvalue weighted by atomic mass is 32.1. The molecule has 0 fully saturated rings. The summed E-state index contributed by atoms with van der Waals surface area (Å²) in [4.78, 5) is 0. The number of nitrogens with two attached hydrogens (primary N) is 1. The van der Waals surface area contributed by atoms with E-state index in [-0.39, 0.29) is 6.10 Å². The number of methoxy groups -OCH3 is 1. The topological polar surface area (TPSA) is 69.4 Å². The van der Waals surface area contributed by atoms with Crippen LogP contribution in [-0.4, -0.2) is 30.7 Å². The summed E-state index contributed by atoms with van der Waals surface area (Å²) in [5.41, 5.74) is 5.61. The fraction of sp³-hybridized carbons (Fsp3) is 0.667. The Labute approximate surface area is 93.7 Å². The molecule has 0 aromatic carbocycles. The monoisotopic (exact) mass is 231 g/mol.